The van der Waals surface area contributed by atoms with Gasteiger partial charge in [0.1, 0.15) is 35.5 Å². The lowest BCUT2D eigenvalue weighted by Gasteiger charge is -2.28. The van der Waals surface area contributed by atoms with Crippen molar-refractivity contribution < 1.29 is 14.4 Å². The molecule has 2 atom stereocenters. The van der Waals surface area contributed by atoms with Gasteiger partial charge in [0.05, 0.1) is 35.1 Å². The van der Waals surface area contributed by atoms with Gasteiger partial charge in [-0.1, -0.05) is 26.0 Å². The van der Waals surface area contributed by atoms with Gasteiger partial charge in [-0.15, -0.1) is 0 Å². The van der Waals surface area contributed by atoms with Gasteiger partial charge in [-0.2, -0.15) is 0 Å². The number of piperidine rings is 1. The Hall–Kier alpha value is -3.12. The summed E-state index contributed by atoms with van der Waals surface area (Å²) in [5.41, 5.74) is 3.97. The number of aryl methyl sites for hydroxylation is 1. The Bertz CT molecular complexity index is 1290. The molecule has 0 saturated carbocycles. The Morgan fingerprint density at radius 3 is 2.94 bits per heavy atom. The summed E-state index contributed by atoms with van der Waals surface area (Å²) in [7, 11) is 0. The number of hydrogen-bond acceptors (Lipinski definition) is 4. The Labute approximate surface area is 180 Å². The first-order valence-electron chi connectivity index (χ1n) is 11.1. The number of aromatic nitrogens is 2. The summed E-state index contributed by atoms with van der Waals surface area (Å²) < 4.78 is 6.02. The Kier molecular flexibility index (Phi) is 5.02. The first-order valence-corrected chi connectivity index (χ1v) is 11.1. The van der Waals surface area contributed by atoms with Crippen LogP contribution in [0, 0.1) is 5.92 Å². The minimum atomic E-state index is -0.127. The van der Waals surface area contributed by atoms with E-state index in [0.717, 1.165) is 35.2 Å². The molecule has 1 saturated heterocycles. The maximum atomic E-state index is 13.5. The van der Waals surface area contributed by atoms with Crippen molar-refractivity contribution in [1.29, 1.82) is 0 Å². The first-order chi connectivity index (χ1) is 15.0. The van der Waals surface area contributed by atoms with Gasteiger partial charge in [0.2, 0.25) is 5.43 Å². The summed E-state index contributed by atoms with van der Waals surface area (Å²) in [5.74, 6) is 1.43. The fraction of sp³-hybridized carbons (Fsp3) is 0.360. The number of nitrogens with one attached hydrogen (secondary N) is 2. The molecule has 3 N–H and O–H groups in total. The fourth-order valence-electron chi connectivity index (χ4n) is 4.88. The van der Waals surface area contributed by atoms with Crippen molar-refractivity contribution >= 4 is 22.0 Å². The van der Waals surface area contributed by atoms with Crippen LogP contribution in [0.5, 0.6) is 5.75 Å². The number of nitrogens with zero attached hydrogens (tertiary/aromatic N) is 1. The molecule has 1 unspecified atom stereocenters. The summed E-state index contributed by atoms with van der Waals surface area (Å²) in [6.45, 7) is 7.07. The van der Waals surface area contributed by atoms with Crippen LogP contribution in [0.15, 0.2) is 45.8 Å². The summed E-state index contributed by atoms with van der Waals surface area (Å²) in [4.78, 5) is 22.7. The predicted molar refractivity (Wildman–Crippen MR) is 121 cm³/mol. The van der Waals surface area contributed by atoms with Crippen LogP contribution < -0.4 is 10.3 Å². The van der Waals surface area contributed by atoms with Crippen molar-refractivity contribution in [2.75, 3.05) is 13.1 Å². The van der Waals surface area contributed by atoms with E-state index in [9.17, 15) is 9.90 Å². The fourth-order valence-corrected chi connectivity index (χ4v) is 4.88. The van der Waals surface area contributed by atoms with E-state index in [1.807, 2.05) is 31.2 Å². The molecular formula is C25H28N3O3+. The third-order valence-electron chi connectivity index (χ3n) is 6.53. The van der Waals surface area contributed by atoms with Crippen LogP contribution in [0.4, 0.5) is 0 Å². The van der Waals surface area contributed by atoms with Crippen molar-refractivity contribution in [3.05, 3.63) is 57.9 Å². The Morgan fingerprint density at radius 1 is 1.32 bits per heavy atom. The summed E-state index contributed by atoms with van der Waals surface area (Å²) in [5, 5.41) is 11.5. The third kappa shape index (κ3) is 3.51. The molecule has 1 fully saturated rings. The molecule has 0 amide bonds. The van der Waals surface area contributed by atoms with E-state index in [-0.39, 0.29) is 11.2 Å². The summed E-state index contributed by atoms with van der Waals surface area (Å²) >= 11 is 0. The van der Waals surface area contributed by atoms with Crippen molar-refractivity contribution in [1.82, 2.24) is 9.97 Å². The lowest BCUT2D eigenvalue weighted by molar-refractivity contribution is -0.922. The number of aromatic amines is 1. The molecule has 6 heteroatoms. The van der Waals surface area contributed by atoms with E-state index in [1.165, 1.54) is 24.0 Å². The van der Waals surface area contributed by atoms with Gasteiger partial charge in [0.15, 0.2) is 0 Å². The van der Waals surface area contributed by atoms with Crippen molar-refractivity contribution in [3.63, 3.8) is 0 Å². The second-order valence-electron chi connectivity index (χ2n) is 8.80. The van der Waals surface area contributed by atoms with Crippen LogP contribution in [-0.4, -0.2) is 28.2 Å². The molecule has 2 aromatic heterocycles. The van der Waals surface area contributed by atoms with Gasteiger partial charge in [-0.25, -0.2) is 4.98 Å². The SMILES string of the molecule is CCc1cc2c(=O)c(-c3nc4ccccc4[nH]3)coc2c(C[NH+]2CCC[C@H](C)C2)c1O. The zero-order valence-corrected chi connectivity index (χ0v) is 18.0. The number of fused-ring (bicyclic) bond motifs is 2. The number of benzene rings is 2. The van der Waals surface area contributed by atoms with E-state index < -0.39 is 0 Å². The van der Waals surface area contributed by atoms with Crippen LogP contribution >= 0.6 is 0 Å². The molecule has 3 heterocycles. The molecule has 5 rings (SSSR count). The molecule has 0 radical (unpaired) electrons. The summed E-state index contributed by atoms with van der Waals surface area (Å²) in [6, 6.07) is 9.47. The maximum absolute atomic E-state index is 13.5. The highest BCUT2D eigenvalue weighted by atomic mass is 16.3. The zero-order chi connectivity index (χ0) is 21.5. The molecule has 0 aliphatic carbocycles. The lowest BCUT2D eigenvalue weighted by atomic mass is 9.97. The number of rotatable bonds is 4. The molecule has 1 aliphatic rings. The van der Waals surface area contributed by atoms with Crippen LogP contribution in [-0.2, 0) is 13.0 Å². The quantitative estimate of drug-likeness (QED) is 0.474. The van der Waals surface area contributed by atoms with Crippen molar-refractivity contribution in [3.8, 4) is 17.1 Å². The molecule has 0 spiro atoms. The van der Waals surface area contributed by atoms with Crippen LogP contribution in [0.3, 0.4) is 0 Å². The molecule has 160 valence electrons. The van der Waals surface area contributed by atoms with Crippen LogP contribution in [0.25, 0.3) is 33.4 Å². The van der Waals surface area contributed by atoms with Gasteiger partial charge >= 0.3 is 0 Å². The van der Waals surface area contributed by atoms with Crippen LogP contribution in [0.1, 0.15) is 37.8 Å². The van der Waals surface area contributed by atoms with Crippen molar-refractivity contribution in [2.45, 2.75) is 39.7 Å². The average molecular weight is 419 g/mol. The number of quaternary nitrogens is 1. The standard InChI is InChI=1S/C25H27N3O3/c1-3-16-11-17-23(30)19(25-26-20-8-4-5-9-21(20)27-25)14-31-24(17)18(22(16)29)13-28-10-6-7-15(2)12-28/h4-5,8-9,11,14-15,29H,3,6-7,10,12-13H2,1-2H3,(H,26,27)/p+1/t15-/m0/s1. The van der Waals surface area contributed by atoms with E-state index >= 15 is 0 Å². The normalized spacial score (nSPS) is 19.3. The number of para-hydroxylation sites is 2. The van der Waals surface area contributed by atoms with Gasteiger partial charge in [-0.3, -0.25) is 4.79 Å². The highest BCUT2D eigenvalue weighted by Crippen LogP contribution is 2.31. The van der Waals surface area contributed by atoms with Gasteiger partial charge < -0.3 is 19.4 Å². The monoisotopic (exact) mass is 418 g/mol. The second kappa shape index (κ2) is 7.85. The minimum Gasteiger partial charge on any atom is -0.507 e. The number of likely N-dealkylation sites (tertiary alicyclic amines) is 1. The maximum Gasteiger partial charge on any atom is 0.203 e. The van der Waals surface area contributed by atoms with Crippen LogP contribution in [0.2, 0.25) is 0 Å². The number of phenolic OH excluding ortho intramolecular Hbond substituents is 1. The Morgan fingerprint density at radius 2 is 2.16 bits per heavy atom. The molecule has 0 bridgehead atoms. The van der Waals surface area contributed by atoms with Gasteiger partial charge in [-0.05, 0) is 43.0 Å². The number of hydrogen-bond donors (Lipinski definition) is 3. The number of aromatic hydroxyl groups is 1. The molecule has 1 aliphatic heterocycles. The number of phenols is 1. The minimum absolute atomic E-state index is 0.127. The molecule has 31 heavy (non-hydrogen) atoms. The zero-order valence-electron chi connectivity index (χ0n) is 18.0. The van der Waals surface area contributed by atoms with Crippen molar-refractivity contribution in [2.24, 2.45) is 5.92 Å². The number of H-pyrrole nitrogens is 1. The number of imidazole rings is 1. The molecular weight excluding hydrogens is 390 g/mol. The third-order valence-corrected chi connectivity index (χ3v) is 6.53. The smallest absolute Gasteiger partial charge is 0.203 e. The average Bonchev–Trinajstić information content (AvgIpc) is 3.20. The first kappa shape index (κ1) is 19.8. The van der Waals surface area contributed by atoms with E-state index in [1.54, 1.807) is 6.07 Å². The second-order valence-corrected chi connectivity index (χ2v) is 8.80. The topological polar surface area (TPSA) is 83.6 Å². The lowest BCUT2D eigenvalue weighted by Crippen LogP contribution is -3.12. The molecule has 4 aromatic rings. The largest absolute Gasteiger partial charge is 0.507 e. The molecule has 2 aromatic carbocycles. The highest BCUT2D eigenvalue weighted by Gasteiger charge is 2.25. The van der Waals surface area contributed by atoms with E-state index in [4.69, 9.17) is 4.42 Å². The molecule has 6 nitrogen and oxygen atoms in total. The highest BCUT2D eigenvalue weighted by molar-refractivity contribution is 5.87. The van der Waals surface area contributed by atoms with E-state index in [2.05, 4.69) is 16.9 Å². The predicted octanol–water partition coefficient (Wildman–Crippen LogP) is 3.42. The van der Waals surface area contributed by atoms with Gasteiger partial charge in [0, 0.05) is 5.92 Å². The summed E-state index contributed by atoms with van der Waals surface area (Å²) in [6.07, 6.45) is 4.56. The van der Waals surface area contributed by atoms with Gasteiger partial charge in [0.25, 0.3) is 0 Å². The Balaban J connectivity index is 1.65. The van der Waals surface area contributed by atoms with E-state index in [0.29, 0.717) is 41.2 Å².